The molecular formula is C21H17FN4O3. The molecular weight excluding hydrogens is 375 g/mol. The number of nitrogens with one attached hydrogen (secondary N) is 1. The minimum absolute atomic E-state index is 0.173. The van der Waals surface area contributed by atoms with E-state index in [0.717, 1.165) is 0 Å². The second-order valence-corrected chi connectivity index (χ2v) is 6.42. The maximum atomic E-state index is 14.1. The number of aryl methyl sites for hydroxylation is 1. The zero-order valence-electron chi connectivity index (χ0n) is 15.7. The first kappa shape index (κ1) is 18.4. The molecule has 146 valence electrons. The molecule has 0 aliphatic carbocycles. The van der Waals surface area contributed by atoms with Crippen LogP contribution in [0.5, 0.6) is 5.75 Å². The molecule has 0 aliphatic rings. The molecule has 0 fully saturated rings. The Hall–Kier alpha value is -3.94. The summed E-state index contributed by atoms with van der Waals surface area (Å²) in [5.74, 6) is -0.762. The number of benzene rings is 2. The lowest BCUT2D eigenvalue weighted by Crippen LogP contribution is -2.02. The van der Waals surface area contributed by atoms with Gasteiger partial charge >= 0.3 is 5.97 Å². The predicted molar refractivity (Wildman–Crippen MR) is 106 cm³/mol. The fourth-order valence-corrected chi connectivity index (χ4v) is 3.16. The van der Waals surface area contributed by atoms with Crippen molar-refractivity contribution >= 4 is 23.1 Å². The van der Waals surface area contributed by atoms with E-state index in [-0.39, 0.29) is 11.3 Å². The van der Waals surface area contributed by atoms with Crippen LogP contribution in [-0.4, -0.2) is 32.6 Å². The van der Waals surface area contributed by atoms with Gasteiger partial charge in [-0.05, 0) is 48.9 Å². The SMILES string of the molecule is COc1ccc(-c2cnc3c(Nc4ccc(C(=O)O)c(C)c4)nccn23)cc1F. The molecule has 0 bridgehead atoms. The Balaban J connectivity index is 1.72. The summed E-state index contributed by atoms with van der Waals surface area (Å²) >= 11 is 0. The van der Waals surface area contributed by atoms with E-state index >= 15 is 0 Å². The molecule has 2 aromatic heterocycles. The van der Waals surface area contributed by atoms with Gasteiger partial charge in [0.15, 0.2) is 23.0 Å². The number of carbonyl (C=O) groups is 1. The average Bonchev–Trinajstić information content (AvgIpc) is 3.13. The lowest BCUT2D eigenvalue weighted by molar-refractivity contribution is 0.0696. The molecule has 0 aliphatic heterocycles. The number of nitrogens with zero attached hydrogens (tertiary/aromatic N) is 3. The van der Waals surface area contributed by atoms with E-state index in [2.05, 4.69) is 15.3 Å². The van der Waals surface area contributed by atoms with Crippen LogP contribution in [0.15, 0.2) is 55.0 Å². The van der Waals surface area contributed by atoms with Crippen LogP contribution in [0.3, 0.4) is 0 Å². The van der Waals surface area contributed by atoms with Crippen molar-refractivity contribution in [1.82, 2.24) is 14.4 Å². The van der Waals surface area contributed by atoms with Gasteiger partial charge in [0.25, 0.3) is 0 Å². The van der Waals surface area contributed by atoms with Crippen LogP contribution in [-0.2, 0) is 0 Å². The van der Waals surface area contributed by atoms with E-state index in [9.17, 15) is 14.3 Å². The molecule has 2 N–H and O–H groups in total. The number of hydrogen-bond donors (Lipinski definition) is 2. The number of carboxylic acid groups (broad SMARTS) is 1. The zero-order valence-corrected chi connectivity index (χ0v) is 15.7. The monoisotopic (exact) mass is 392 g/mol. The first-order valence-corrected chi connectivity index (χ1v) is 8.75. The number of carboxylic acids is 1. The molecule has 4 aromatic rings. The van der Waals surface area contributed by atoms with E-state index < -0.39 is 11.8 Å². The van der Waals surface area contributed by atoms with Gasteiger partial charge in [0.2, 0.25) is 0 Å². The van der Waals surface area contributed by atoms with Crippen molar-refractivity contribution in [3.05, 3.63) is 71.9 Å². The maximum absolute atomic E-state index is 14.1. The van der Waals surface area contributed by atoms with Crippen LogP contribution in [0.4, 0.5) is 15.9 Å². The van der Waals surface area contributed by atoms with Gasteiger partial charge in [-0.3, -0.25) is 4.40 Å². The van der Waals surface area contributed by atoms with Crippen molar-refractivity contribution in [3.63, 3.8) is 0 Å². The van der Waals surface area contributed by atoms with Gasteiger partial charge in [-0.1, -0.05) is 0 Å². The Labute approximate surface area is 165 Å². The molecule has 7 nitrogen and oxygen atoms in total. The van der Waals surface area contributed by atoms with Crippen LogP contribution in [0.1, 0.15) is 15.9 Å². The first-order chi connectivity index (χ1) is 14.0. The van der Waals surface area contributed by atoms with Crippen LogP contribution in [0.2, 0.25) is 0 Å². The summed E-state index contributed by atoms with van der Waals surface area (Å²) in [6.45, 7) is 1.73. The number of fused-ring (bicyclic) bond motifs is 1. The second-order valence-electron chi connectivity index (χ2n) is 6.42. The van der Waals surface area contributed by atoms with Crippen LogP contribution in [0, 0.1) is 12.7 Å². The van der Waals surface area contributed by atoms with E-state index in [0.29, 0.717) is 34.0 Å². The molecule has 4 rings (SSSR count). The number of aromatic nitrogens is 3. The van der Waals surface area contributed by atoms with E-state index in [1.165, 1.54) is 19.2 Å². The maximum Gasteiger partial charge on any atom is 0.335 e. The highest BCUT2D eigenvalue weighted by molar-refractivity contribution is 5.90. The lowest BCUT2D eigenvalue weighted by Gasteiger charge is -2.10. The third-order valence-electron chi connectivity index (χ3n) is 4.60. The molecule has 0 unspecified atom stereocenters. The van der Waals surface area contributed by atoms with Crippen molar-refractivity contribution in [1.29, 1.82) is 0 Å². The predicted octanol–water partition coefficient (Wildman–Crippen LogP) is 4.29. The summed E-state index contributed by atoms with van der Waals surface area (Å²) < 4.78 is 20.9. The van der Waals surface area contributed by atoms with E-state index in [4.69, 9.17) is 4.74 Å². The summed E-state index contributed by atoms with van der Waals surface area (Å²) in [6.07, 6.45) is 4.99. The number of rotatable bonds is 5. The smallest absolute Gasteiger partial charge is 0.335 e. The van der Waals surface area contributed by atoms with Gasteiger partial charge in [-0.25, -0.2) is 19.2 Å². The number of anilines is 2. The Bertz CT molecular complexity index is 1240. The van der Waals surface area contributed by atoms with Crippen molar-refractivity contribution in [3.8, 4) is 17.0 Å². The third-order valence-corrected chi connectivity index (χ3v) is 4.60. The van der Waals surface area contributed by atoms with Crippen LogP contribution >= 0.6 is 0 Å². The second kappa shape index (κ2) is 7.23. The highest BCUT2D eigenvalue weighted by Gasteiger charge is 2.13. The van der Waals surface area contributed by atoms with E-state index in [1.54, 1.807) is 54.2 Å². The standard InChI is InChI=1S/C21H17FN4O3/c1-12-9-14(4-5-15(12)21(27)28)25-19-20-24-11-17(26(20)8-7-23-19)13-3-6-18(29-2)16(22)10-13/h3-11H,1-2H3,(H,23,25)(H,27,28). The number of ether oxygens (including phenoxy) is 1. The molecule has 0 amide bonds. The Morgan fingerprint density at radius 3 is 2.72 bits per heavy atom. The summed E-state index contributed by atoms with van der Waals surface area (Å²) in [6, 6.07) is 9.66. The molecule has 0 radical (unpaired) electrons. The summed E-state index contributed by atoms with van der Waals surface area (Å²) in [4.78, 5) is 19.9. The van der Waals surface area contributed by atoms with Gasteiger partial charge in [-0.2, -0.15) is 0 Å². The lowest BCUT2D eigenvalue weighted by atomic mass is 10.1. The molecule has 2 heterocycles. The van der Waals surface area contributed by atoms with Gasteiger partial charge in [-0.15, -0.1) is 0 Å². The van der Waals surface area contributed by atoms with Gasteiger partial charge < -0.3 is 15.2 Å². The Morgan fingerprint density at radius 2 is 2.03 bits per heavy atom. The molecule has 0 spiro atoms. The molecule has 0 saturated heterocycles. The minimum atomic E-state index is -0.973. The Morgan fingerprint density at radius 1 is 1.21 bits per heavy atom. The normalized spacial score (nSPS) is 10.9. The minimum Gasteiger partial charge on any atom is -0.494 e. The topological polar surface area (TPSA) is 88.8 Å². The van der Waals surface area contributed by atoms with Crippen LogP contribution < -0.4 is 10.1 Å². The molecule has 0 atom stereocenters. The van der Waals surface area contributed by atoms with E-state index in [1.807, 2.05) is 0 Å². The third kappa shape index (κ3) is 3.36. The van der Waals surface area contributed by atoms with Crippen LogP contribution in [0.25, 0.3) is 16.9 Å². The Kier molecular flexibility index (Phi) is 4.59. The molecule has 29 heavy (non-hydrogen) atoms. The van der Waals surface area contributed by atoms with Crippen molar-refractivity contribution in [2.45, 2.75) is 6.92 Å². The summed E-state index contributed by atoms with van der Waals surface area (Å²) in [7, 11) is 1.42. The van der Waals surface area contributed by atoms with Crippen molar-refractivity contribution < 1.29 is 19.0 Å². The quantitative estimate of drug-likeness (QED) is 0.527. The number of imidazole rings is 1. The molecule has 2 aromatic carbocycles. The van der Waals surface area contributed by atoms with Gasteiger partial charge in [0, 0.05) is 23.6 Å². The fourth-order valence-electron chi connectivity index (χ4n) is 3.16. The highest BCUT2D eigenvalue weighted by Crippen LogP contribution is 2.28. The summed E-state index contributed by atoms with van der Waals surface area (Å²) in [5, 5.41) is 12.3. The summed E-state index contributed by atoms with van der Waals surface area (Å²) in [5.41, 5.74) is 3.46. The number of hydrogen-bond acceptors (Lipinski definition) is 5. The fraction of sp³-hybridized carbons (Fsp3) is 0.0952. The van der Waals surface area contributed by atoms with Crippen molar-refractivity contribution in [2.75, 3.05) is 12.4 Å². The van der Waals surface area contributed by atoms with Crippen molar-refractivity contribution in [2.24, 2.45) is 0 Å². The number of aromatic carboxylic acids is 1. The van der Waals surface area contributed by atoms with Gasteiger partial charge in [0.05, 0.1) is 24.6 Å². The molecule has 0 saturated carbocycles. The zero-order chi connectivity index (χ0) is 20.5. The largest absolute Gasteiger partial charge is 0.494 e. The first-order valence-electron chi connectivity index (χ1n) is 8.75. The highest BCUT2D eigenvalue weighted by atomic mass is 19.1. The number of methoxy groups -OCH3 is 1. The number of halogens is 1. The van der Waals surface area contributed by atoms with Gasteiger partial charge in [0.1, 0.15) is 0 Å². The average molecular weight is 392 g/mol. The molecule has 8 heteroatoms.